The second kappa shape index (κ2) is 5.94. The molecule has 0 amide bonds. The molecule has 0 spiro atoms. The quantitative estimate of drug-likeness (QED) is 0.762. The van der Waals surface area contributed by atoms with Crippen LogP contribution in [0.2, 0.25) is 0 Å². The first-order valence-corrected chi connectivity index (χ1v) is 8.59. The molecule has 6 nitrogen and oxygen atoms in total. The van der Waals surface area contributed by atoms with Gasteiger partial charge in [0.2, 0.25) is 0 Å². The van der Waals surface area contributed by atoms with Gasteiger partial charge in [-0.25, -0.2) is 13.4 Å². The molecule has 0 aromatic carbocycles. The first-order valence-electron chi connectivity index (χ1n) is 6.22. The summed E-state index contributed by atoms with van der Waals surface area (Å²) in [5, 5.41) is 5.22. The summed E-state index contributed by atoms with van der Waals surface area (Å²) >= 11 is 1.29. The van der Waals surface area contributed by atoms with Crippen molar-refractivity contribution in [3.05, 3.63) is 29.0 Å². The summed E-state index contributed by atoms with van der Waals surface area (Å²) in [5.74, 6) is 0.277. The standard InChI is InChI=1S/C12H18N4O2S2/c1-8(2)11-7-19-12(15-11)16-20(17,18)10-4-9(5-13-3)14-6-10/h4,6-8,13-14H,5H2,1-3H3,(H,15,16). The lowest BCUT2D eigenvalue weighted by atomic mass is 10.2. The minimum absolute atomic E-state index is 0.212. The number of nitrogens with one attached hydrogen (secondary N) is 3. The summed E-state index contributed by atoms with van der Waals surface area (Å²) < 4.78 is 26.9. The maximum Gasteiger partial charge on any atom is 0.265 e. The summed E-state index contributed by atoms with van der Waals surface area (Å²) in [4.78, 5) is 7.40. The largest absolute Gasteiger partial charge is 0.363 e. The van der Waals surface area contributed by atoms with Crippen molar-refractivity contribution in [2.75, 3.05) is 11.8 Å². The number of aromatic amines is 1. The SMILES string of the molecule is CNCc1cc(S(=O)(=O)Nc2nc(C(C)C)cs2)c[nH]1. The monoisotopic (exact) mass is 314 g/mol. The molecule has 0 aliphatic rings. The van der Waals surface area contributed by atoms with Gasteiger partial charge in [0.15, 0.2) is 5.13 Å². The van der Waals surface area contributed by atoms with Crippen molar-refractivity contribution < 1.29 is 8.42 Å². The Balaban J connectivity index is 2.16. The van der Waals surface area contributed by atoms with E-state index in [-0.39, 0.29) is 10.8 Å². The van der Waals surface area contributed by atoms with Crippen molar-refractivity contribution >= 4 is 26.5 Å². The van der Waals surface area contributed by atoms with E-state index < -0.39 is 10.0 Å². The number of hydrogen-bond donors (Lipinski definition) is 3. The zero-order valence-electron chi connectivity index (χ0n) is 11.6. The Morgan fingerprint density at radius 2 is 2.20 bits per heavy atom. The highest BCUT2D eigenvalue weighted by Crippen LogP contribution is 2.24. The van der Waals surface area contributed by atoms with Crippen LogP contribution < -0.4 is 10.0 Å². The lowest BCUT2D eigenvalue weighted by molar-refractivity contribution is 0.601. The molecule has 3 N–H and O–H groups in total. The number of sulfonamides is 1. The molecule has 0 unspecified atom stereocenters. The normalized spacial score (nSPS) is 12.0. The molecule has 2 aromatic rings. The Morgan fingerprint density at radius 1 is 1.45 bits per heavy atom. The smallest absolute Gasteiger partial charge is 0.265 e. The van der Waals surface area contributed by atoms with Crippen molar-refractivity contribution in [2.45, 2.75) is 31.2 Å². The first kappa shape index (κ1) is 15.0. The number of hydrogen-bond acceptors (Lipinski definition) is 5. The van der Waals surface area contributed by atoms with Gasteiger partial charge in [-0.05, 0) is 19.0 Å². The van der Waals surface area contributed by atoms with E-state index in [4.69, 9.17) is 0 Å². The molecule has 2 aromatic heterocycles. The van der Waals surface area contributed by atoms with Gasteiger partial charge in [-0.3, -0.25) is 4.72 Å². The molecule has 8 heteroatoms. The van der Waals surface area contributed by atoms with Gasteiger partial charge >= 0.3 is 0 Å². The zero-order valence-corrected chi connectivity index (χ0v) is 13.2. The third kappa shape index (κ3) is 3.38. The average molecular weight is 314 g/mol. The number of thiazole rings is 1. The molecule has 0 bridgehead atoms. The van der Waals surface area contributed by atoms with E-state index in [0.717, 1.165) is 11.4 Å². The molecular formula is C12H18N4O2S2. The number of aromatic nitrogens is 2. The zero-order chi connectivity index (χ0) is 14.8. The molecule has 0 fully saturated rings. The van der Waals surface area contributed by atoms with Crippen LogP contribution in [0.3, 0.4) is 0 Å². The molecule has 20 heavy (non-hydrogen) atoms. The van der Waals surface area contributed by atoms with Gasteiger partial charge in [0.1, 0.15) is 4.90 Å². The Hall–Kier alpha value is -1.38. The van der Waals surface area contributed by atoms with Gasteiger partial charge < -0.3 is 10.3 Å². The number of rotatable bonds is 6. The summed E-state index contributed by atoms with van der Waals surface area (Å²) in [6.45, 7) is 4.62. The minimum atomic E-state index is -3.58. The van der Waals surface area contributed by atoms with Crippen LogP contribution in [0.5, 0.6) is 0 Å². The molecule has 0 saturated carbocycles. The van der Waals surface area contributed by atoms with Gasteiger partial charge in [-0.1, -0.05) is 13.8 Å². The molecule has 2 heterocycles. The number of H-pyrrole nitrogens is 1. The predicted molar refractivity (Wildman–Crippen MR) is 80.6 cm³/mol. The second-order valence-corrected chi connectivity index (χ2v) is 7.27. The molecule has 2 rings (SSSR count). The topological polar surface area (TPSA) is 86.9 Å². The van der Waals surface area contributed by atoms with Crippen LogP contribution in [0.4, 0.5) is 5.13 Å². The fraction of sp³-hybridized carbons (Fsp3) is 0.417. The molecule has 0 atom stereocenters. The fourth-order valence-electron chi connectivity index (χ4n) is 1.64. The highest BCUT2D eigenvalue weighted by atomic mass is 32.2. The second-order valence-electron chi connectivity index (χ2n) is 4.73. The maximum atomic E-state index is 12.2. The molecular weight excluding hydrogens is 296 g/mol. The van der Waals surface area contributed by atoms with Crippen LogP contribution in [0.1, 0.15) is 31.2 Å². The third-order valence-electron chi connectivity index (χ3n) is 2.73. The average Bonchev–Trinajstić information content (AvgIpc) is 2.98. The Kier molecular flexibility index (Phi) is 4.46. The Morgan fingerprint density at radius 3 is 2.80 bits per heavy atom. The molecule has 0 saturated heterocycles. The summed E-state index contributed by atoms with van der Waals surface area (Å²) in [6, 6.07) is 1.61. The van der Waals surface area contributed by atoms with E-state index in [1.54, 1.807) is 13.1 Å². The van der Waals surface area contributed by atoms with E-state index in [1.165, 1.54) is 17.5 Å². The molecule has 0 aliphatic carbocycles. The number of anilines is 1. The Bertz CT molecular complexity index is 673. The van der Waals surface area contributed by atoms with Crippen molar-refractivity contribution in [2.24, 2.45) is 0 Å². The van der Waals surface area contributed by atoms with E-state index in [9.17, 15) is 8.42 Å². The van der Waals surface area contributed by atoms with Crippen molar-refractivity contribution in [3.8, 4) is 0 Å². The molecule has 0 radical (unpaired) electrons. The van der Waals surface area contributed by atoms with Gasteiger partial charge in [0.25, 0.3) is 10.0 Å². The van der Waals surface area contributed by atoms with Crippen LogP contribution in [-0.4, -0.2) is 25.4 Å². The number of nitrogens with zero attached hydrogens (tertiary/aromatic N) is 1. The van der Waals surface area contributed by atoms with Crippen molar-refractivity contribution in [1.29, 1.82) is 0 Å². The summed E-state index contributed by atoms with van der Waals surface area (Å²) in [6.07, 6.45) is 1.48. The summed E-state index contributed by atoms with van der Waals surface area (Å²) in [5.41, 5.74) is 1.70. The third-order valence-corrected chi connectivity index (χ3v) is 4.95. The summed E-state index contributed by atoms with van der Waals surface area (Å²) in [7, 11) is -1.78. The van der Waals surface area contributed by atoms with E-state index in [0.29, 0.717) is 11.7 Å². The van der Waals surface area contributed by atoms with Gasteiger partial charge in [0.05, 0.1) is 5.69 Å². The van der Waals surface area contributed by atoms with Gasteiger partial charge in [-0.15, -0.1) is 11.3 Å². The maximum absolute atomic E-state index is 12.2. The van der Waals surface area contributed by atoms with Crippen molar-refractivity contribution in [1.82, 2.24) is 15.3 Å². The lowest BCUT2D eigenvalue weighted by Crippen LogP contribution is -2.12. The van der Waals surface area contributed by atoms with Crippen LogP contribution in [0.25, 0.3) is 0 Å². The van der Waals surface area contributed by atoms with Crippen LogP contribution in [0.15, 0.2) is 22.5 Å². The predicted octanol–water partition coefficient (Wildman–Crippen LogP) is 2.11. The molecule has 110 valence electrons. The van der Waals surface area contributed by atoms with Crippen LogP contribution in [0, 0.1) is 0 Å². The van der Waals surface area contributed by atoms with Crippen LogP contribution in [-0.2, 0) is 16.6 Å². The fourth-order valence-corrected chi connectivity index (χ4v) is 3.78. The Labute approximate surface area is 122 Å². The van der Waals surface area contributed by atoms with Gasteiger partial charge in [-0.2, -0.15) is 0 Å². The highest BCUT2D eigenvalue weighted by Gasteiger charge is 2.18. The van der Waals surface area contributed by atoms with Crippen molar-refractivity contribution in [3.63, 3.8) is 0 Å². The lowest BCUT2D eigenvalue weighted by Gasteiger charge is -2.02. The molecule has 0 aliphatic heterocycles. The van der Waals surface area contributed by atoms with E-state index in [1.807, 2.05) is 19.2 Å². The van der Waals surface area contributed by atoms with Gasteiger partial charge in [0, 0.05) is 23.8 Å². The van der Waals surface area contributed by atoms with E-state index in [2.05, 4.69) is 20.0 Å². The minimum Gasteiger partial charge on any atom is -0.363 e. The van der Waals surface area contributed by atoms with E-state index >= 15 is 0 Å². The first-order chi connectivity index (χ1) is 9.42. The van der Waals surface area contributed by atoms with Crippen LogP contribution >= 0.6 is 11.3 Å². The highest BCUT2D eigenvalue weighted by molar-refractivity contribution is 7.93.